The van der Waals surface area contributed by atoms with E-state index >= 15 is 0 Å². The second kappa shape index (κ2) is 4.96. The van der Waals surface area contributed by atoms with Crippen LogP contribution < -0.4 is 5.56 Å². The van der Waals surface area contributed by atoms with Crippen LogP contribution in [-0.4, -0.2) is 15.0 Å². The molecule has 0 saturated carbocycles. The first-order valence-corrected chi connectivity index (χ1v) is 6.48. The van der Waals surface area contributed by atoms with E-state index in [1.165, 1.54) is 0 Å². The summed E-state index contributed by atoms with van der Waals surface area (Å²) in [4.78, 5) is 23.5. The van der Waals surface area contributed by atoms with E-state index in [1.54, 1.807) is 12.3 Å². The van der Waals surface area contributed by atoms with Crippen molar-refractivity contribution in [2.75, 3.05) is 0 Å². The lowest BCUT2D eigenvalue weighted by atomic mass is 9.92. The van der Waals surface area contributed by atoms with Crippen molar-refractivity contribution < 1.29 is 0 Å². The fourth-order valence-corrected chi connectivity index (χ4v) is 1.89. The average Bonchev–Trinajstić information content (AvgIpc) is 2.37. The predicted molar refractivity (Wildman–Crippen MR) is 76.2 cm³/mol. The van der Waals surface area contributed by atoms with Gasteiger partial charge in [0.25, 0.3) is 5.56 Å². The molecule has 0 spiro atoms. The van der Waals surface area contributed by atoms with Gasteiger partial charge in [0.1, 0.15) is 5.69 Å². The summed E-state index contributed by atoms with van der Waals surface area (Å²) >= 11 is 0. The molecule has 0 aromatic carbocycles. The molecule has 0 aliphatic heterocycles. The second-order valence-corrected chi connectivity index (χ2v) is 5.59. The van der Waals surface area contributed by atoms with Gasteiger partial charge in [-0.3, -0.25) is 9.78 Å². The molecule has 4 heteroatoms. The quantitative estimate of drug-likeness (QED) is 0.899. The van der Waals surface area contributed by atoms with E-state index in [0.717, 1.165) is 23.4 Å². The number of aromatic amines is 1. The molecule has 2 rings (SSSR count). The number of pyridine rings is 1. The van der Waals surface area contributed by atoms with Crippen molar-refractivity contribution in [3.63, 3.8) is 0 Å². The van der Waals surface area contributed by atoms with Crippen molar-refractivity contribution >= 4 is 0 Å². The van der Waals surface area contributed by atoms with Crippen molar-refractivity contribution in [3.8, 4) is 11.5 Å². The van der Waals surface area contributed by atoms with Gasteiger partial charge >= 0.3 is 0 Å². The molecule has 0 fully saturated rings. The summed E-state index contributed by atoms with van der Waals surface area (Å²) in [6, 6.07) is 5.46. The third-order valence-corrected chi connectivity index (χ3v) is 3.01. The van der Waals surface area contributed by atoms with Gasteiger partial charge in [0.05, 0.1) is 5.69 Å². The first kappa shape index (κ1) is 13.5. The summed E-state index contributed by atoms with van der Waals surface area (Å²) in [5.41, 5.74) is 2.32. The Bertz CT molecular complexity index is 638. The lowest BCUT2D eigenvalue weighted by Gasteiger charge is -2.18. The molecule has 2 heterocycles. The van der Waals surface area contributed by atoms with Gasteiger partial charge < -0.3 is 4.98 Å². The van der Waals surface area contributed by atoms with Crippen molar-refractivity contribution in [3.05, 3.63) is 46.0 Å². The Labute approximate surface area is 112 Å². The van der Waals surface area contributed by atoms with Crippen LogP contribution in [0.2, 0.25) is 0 Å². The molecule has 2 aromatic rings. The number of nitrogens with one attached hydrogen (secondary N) is 1. The monoisotopic (exact) mass is 257 g/mol. The van der Waals surface area contributed by atoms with Gasteiger partial charge in [-0.25, -0.2) is 4.98 Å². The zero-order chi connectivity index (χ0) is 14.0. The molecule has 0 aliphatic rings. The maximum absolute atomic E-state index is 11.8. The molecule has 4 nitrogen and oxygen atoms in total. The van der Waals surface area contributed by atoms with Crippen LogP contribution >= 0.6 is 0 Å². The molecule has 2 aromatic heterocycles. The van der Waals surface area contributed by atoms with Crippen molar-refractivity contribution in [1.29, 1.82) is 0 Å². The van der Waals surface area contributed by atoms with Crippen LogP contribution in [0.3, 0.4) is 0 Å². The largest absolute Gasteiger partial charge is 0.305 e. The lowest BCUT2D eigenvalue weighted by Crippen LogP contribution is -2.20. The van der Waals surface area contributed by atoms with Crippen LogP contribution in [0.25, 0.3) is 11.5 Å². The molecule has 0 bridgehead atoms. The third-order valence-electron chi connectivity index (χ3n) is 3.01. The number of rotatable bonds is 2. The summed E-state index contributed by atoms with van der Waals surface area (Å²) < 4.78 is 0. The van der Waals surface area contributed by atoms with Gasteiger partial charge in [-0.1, -0.05) is 33.8 Å². The van der Waals surface area contributed by atoms with Crippen LogP contribution in [0.1, 0.15) is 39.0 Å². The summed E-state index contributed by atoms with van der Waals surface area (Å²) in [6.07, 6.45) is 2.57. The minimum absolute atomic E-state index is 0.136. The third kappa shape index (κ3) is 2.89. The zero-order valence-corrected chi connectivity index (χ0v) is 11.8. The number of aryl methyl sites for hydroxylation is 1. The highest BCUT2D eigenvalue weighted by Gasteiger charge is 2.18. The van der Waals surface area contributed by atoms with Crippen LogP contribution in [0.5, 0.6) is 0 Å². The molecular formula is C15H19N3O. The molecule has 0 radical (unpaired) electrons. The molecular weight excluding hydrogens is 238 g/mol. The van der Waals surface area contributed by atoms with Gasteiger partial charge in [0, 0.05) is 17.7 Å². The van der Waals surface area contributed by atoms with E-state index in [9.17, 15) is 4.79 Å². The van der Waals surface area contributed by atoms with Crippen LogP contribution in [0.15, 0.2) is 29.2 Å². The number of H-pyrrole nitrogens is 1. The van der Waals surface area contributed by atoms with E-state index in [4.69, 9.17) is 0 Å². The molecule has 0 unspecified atom stereocenters. The number of hydrogen-bond acceptors (Lipinski definition) is 3. The van der Waals surface area contributed by atoms with E-state index in [-0.39, 0.29) is 11.0 Å². The van der Waals surface area contributed by atoms with Crippen molar-refractivity contribution in [2.45, 2.75) is 39.5 Å². The number of nitrogens with zero attached hydrogens (tertiary/aromatic N) is 2. The average molecular weight is 257 g/mol. The van der Waals surface area contributed by atoms with Gasteiger partial charge in [0.15, 0.2) is 5.82 Å². The smallest absolute Gasteiger partial charge is 0.251 e. The van der Waals surface area contributed by atoms with E-state index in [2.05, 4.69) is 21.9 Å². The predicted octanol–water partition coefficient (Wildman–Crippen LogP) is 2.69. The normalized spacial score (nSPS) is 11.6. The van der Waals surface area contributed by atoms with Gasteiger partial charge in [-0.15, -0.1) is 0 Å². The number of aromatic nitrogens is 3. The fraction of sp³-hybridized carbons (Fsp3) is 0.400. The molecule has 1 N–H and O–H groups in total. The molecule has 0 atom stereocenters. The molecule has 0 saturated heterocycles. The SMILES string of the molecule is CCc1cccnc1-c1nc(C(C)(C)C)cc(=O)[nH]1. The standard InChI is InChI=1S/C15H19N3O/c1-5-10-7-6-8-16-13(10)14-17-11(15(2,3)4)9-12(19)18-14/h6-9H,5H2,1-4H3,(H,17,18,19). The Balaban J connectivity index is 2.63. The summed E-state index contributed by atoms with van der Waals surface area (Å²) in [7, 11) is 0. The molecule has 0 amide bonds. The maximum atomic E-state index is 11.8. The van der Waals surface area contributed by atoms with E-state index in [1.807, 2.05) is 32.9 Å². The first-order chi connectivity index (χ1) is 8.91. The Hall–Kier alpha value is -1.97. The summed E-state index contributed by atoms with van der Waals surface area (Å²) in [6.45, 7) is 8.18. The maximum Gasteiger partial charge on any atom is 0.251 e. The topological polar surface area (TPSA) is 58.6 Å². The minimum atomic E-state index is -0.163. The Morgan fingerprint density at radius 1 is 1.32 bits per heavy atom. The summed E-state index contributed by atoms with van der Waals surface area (Å²) in [5, 5.41) is 0. The molecule has 100 valence electrons. The minimum Gasteiger partial charge on any atom is -0.305 e. The van der Waals surface area contributed by atoms with Crippen LogP contribution in [0.4, 0.5) is 0 Å². The van der Waals surface area contributed by atoms with Gasteiger partial charge in [-0.2, -0.15) is 0 Å². The molecule has 19 heavy (non-hydrogen) atoms. The highest BCUT2D eigenvalue weighted by Crippen LogP contribution is 2.22. The Morgan fingerprint density at radius 3 is 2.68 bits per heavy atom. The van der Waals surface area contributed by atoms with E-state index < -0.39 is 0 Å². The first-order valence-electron chi connectivity index (χ1n) is 6.48. The zero-order valence-electron chi connectivity index (χ0n) is 11.8. The van der Waals surface area contributed by atoms with E-state index in [0.29, 0.717) is 5.82 Å². The summed E-state index contributed by atoms with van der Waals surface area (Å²) in [5.74, 6) is 0.551. The van der Waals surface area contributed by atoms with Crippen LogP contribution in [-0.2, 0) is 11.8 Å². The Kier molecular flexibility index (Phi) is 3.51. The lowest BCUT2D eigenvalue weighted by molar-refractivity contribution is 0.566. The highest BCUT2D eigenvalue weighted by atomic mass is 16.1. The fourth-order valence-electron chi connectivity index (χ4n) is 1.89. The van der Waals surface area contributed by atoms with Gasteiger partial charge in [0.2, 0.25) is 0 Å². The number of hydrogen-bond donors (Lipinski definition) is 1. The molecule has 0 aliphatic carbocycles. The van der Waals surface area contributed by atoms with Gasteiger partial charge in [-0.05, 0) is 18.1 Å². The van der Waals surface area contributed by atoms with Crippen LogP contribution in [0, 0.1) is 0 Å². The van der Waals surface area contributed by atoms with Crippen molar-refractivity contribution in [1.82, 2.24) is 15.0 Å². The van der Waals surface area contributed by atoms with Crippen molar-refractivity contribution in [2.24, 2.45) is 0 Å². The second-order valence-electron chi connectivity index (χ2n) is 5.59. The highest BCUT2D eigenvalue weighted by molar-refractivity contribution is 5.54. The Morgan fingerprint density at radius 2 is 2.05 bits per heavy atom.